The van der Waals surface area contributed by atoms with Crippen LogP contribution < -0.4 is 10.1 Å². The van der Waals surface area contributed by atoms with E-state index in [4.69, 9.17) is 23.2 Å². The molecule has 0 fully saturated rings. The highest BCUT2D eigenvalue weighted by Crippen LogP contribution is 2.35. The van der Waals surface area contributed by atoms with Crippen LogP contribution in [0.25, 0.3) is 27.9 Å². The lowest BCUT2D eigenvalue weighted by Crippen LogP contribution is -2.41. The minimum atomic E-state index is -0.311. The Bertz CT molecular complexity index is 1670. The number of nitrogens with zero attached hydrogens (tertiary/aromatic N) is 3. The summed E-state index contributed by atoms with van der Waals surface area (Å²) in [5.74, 6) is -0.122. The van der Waals surface area contributed by atoms with E-state index in [2.05, 4.69) is 11.1 Å². The molecular formula is C27H22Cl2N3O2S+. The van der Waals surface area contributed by atoms with Gasteiger partial charge in [-0.15, -0.1) is 11.3 Å². The number of aromatic hydroxyl groups is 1. The second-order valence-electron chi connectivity index (χ2n) is 8.57. The van der Waals surface area contributed by atoms with Crippen LogP contribution in [0, 0.1) is 20.8 Å². The van der Waals surface area contributed by atoms with Crippen LogP contribution in [-0.4, -0.2) is 14.5 Å². The molecule has 5 nitrogen and oxygen atoms in total. The molecule has 5 rings (SSSR count). The van der Waals surface area contributed by atoms with Crippen molar-refractivity contribution >= 4 is 40.2 Å². The number of hydrogen-bond donors (Lipinski definition) is 1. The Balaban J connectivity index is 1.78. The molecule has 2 aromatic carbocycles. The molecule has 0 aliphatic rings. The van der Waals surface area contributed by atoms with E-state index in [1.165, 1.54) is 11.3 Å². The first kappa shape index (κ1) is 23.5. The number of benzene rings is 2. The molecule has 0 radical (unpaired) electrons. The topological polar surface area (TPSA) is 58.5 Å². The minimum Gasteiger partial charge on any atom is -0.477 e. The number of hydrogen-bond acceptors (Lipinski definition) is 4. The van der Waals surface area contributed by atoms with Crippen LogP contribution in [0.1, 0.15) is 21.6 Å². The first-order valence-corrected chi connectivity index (χ1v) is 12.6. The molecule has 0 atom stereocenters. The highest BCUT2D eigenvalue weighted by atomic mass is 35.5. The third-order valence-electron chi connectivity index (χ3n) is 6.10. The van der Waals surface area contributed by atoms with E-state index in [0.29, 0.717) is 27.2 Å². The molecular weight excluding hydrogens is 501 g/mol. The Hall–Kier alpha value is -3.19. The molecule has 1 N–H and O–H groups in total. The van der Waals surface area contributed by atoms with E-state index in [9.17, 15) is 9.90 Å². The molecule has 0 bridgehead atoms. The monoisotopic (exact) mass is 522 g/mol. The smallest absolute Gasteiger partial charge is 0.354 e. The molecule has 176 valence electrons. The quantitative estimate of drug-likeness (QED) is 0.279. The molecule has 5 aromatic rings. The van der Waals surface area contributed by atoms with Crippen LogP contribution in [0.5, 0.6) is 5.88 Å². The van der Waals surface area contributed by atoms with E-state index in [1.54, 1.807) is 33.5 Å². The normalized spacial score (nSPS) is 11.3. The standard InChI is InChI=1S/C27H21Cl2N3O2S/c1-15-6-8-20(17(3)11-15)21-12-18(7-9-22(21)28)23-25(33)31-10-4-5-16(2)24(31)32(26(23)34)14-19-13-30-27(29)35-19/h4-13H,14H2,1-3H3/p+1. The summed E-state index contributed by atoms with van der Waals surface area (Å²) in [4.78, 5) is 18.7. The predicted molar refractivity (Wildman–Crippen MR) is 142 cm³/mol. The molecule has 35 heavy (non-hydrogen) atoms. The fraction of sp³-hybridized carbons (Fsp3) is 0.148. The van der Waals surface area contributed by atoms with Gasteiger partial charge in [0.15, 0.2) is 10.0 Å². The first-order chi connectivity index (χ1) is 16.7. The highest BCUT2D eigenvalue weighted by molar-refractivity contribution is 7.15. The van der Waals surface area contributed by atoms with Crippen molar-refractivity contribution in [1.82, 2.24) is 9.38 Å². The van der Waals surface area contributed by atoms with Gasteiger partial charge < -0.3 is 5.11 Å². The summed E-state index contributed by atoms with van der Waals surface area (Å²) in [6, 6.07) is 15.3. The second kappa shape index (κ2) is 9.11. The molecule has 0 amide bonds. The maximum Gasteiger partial charge on any atom is 0.354 e. The van der Waals surface area contributed by atoms with Crippen molar-refractivity contribution in [3.63, 3.8) is 0 Å². The molecule has 0 saturated carbocycles. The van der Waals surface area contributed by atoms with E-state index < -0.39 is 0 Å². The predicted octanol–water partition coefficient (Wildman–Crippen LogP) is 6.36. The molecule has 0 saturated heterocycles. The van der Waals surface area contributed by atoms with Crippen molar-refractivity contribution in [2.24, 2.45) is 0 Å². The Morgan fingerprint density at radius 2 is 1.83 bits per heavy atom. The van der Waals surface area contributed by atoms with E-state index in [0.717, 1.165) is 32.7 Å². The fourth-order valence-corrected chi connectivity index (χ4v) is 5.67. The average molecular weight is 523 g/mol. The van der Waals surface area contributed by atoms with Gasteiger partial charge in [-0.25, -0.2) is 9.78 Å². The molecule has 3 heterocycles. The van der Waals surface area contributed by atoms with Gasteiger partial charge in [0.05, 0.1) is 11.1 Å². The summed E-state index contributed by atoms with van der Waals surface area (Å²) in [5, 5.41) is 12.1. The van der Waals surface area contributed by atoms with Gasteiger partial charge in [-0.1, -0.05) is 53.0 Å². The van der Waals surface area contributed by atoms with Gasteiger partial charge in [0.25, 0.3) is 11.5 Å². The first-order valence-electron chi connectivity index (χ1n) is 11.0. The Labute approximate surface area is 216 Å². The van der Waals surface area contributed by atoms with Crippen LogP contribution in [0.2, 0.25) is 9.49 Å². The van der Waals surface area contributed by atoms with Crippen molar-refractivity contribution in [1.29, 1.82) is 0 Å². The molecule has 0 aliphatic heterocycles. The summed E-state index contributed by atoms with van der Waals surface area (Å²) in [5.41, 5.74) is 5.95. The Morgan fingerprint density at radius 3 is 2.54 bits per heavy atom. The van der Waals surface area contributed by atoms with E-state index in [-0.39, 0.29) is 17.0 Å². The zero-order valence-corrected chi connectivity index (χ0v) is 21.7. The fourth-order valence-electron chi connectivity index (χ4n) is 4.48. The number of thiazole rings is 1. The number of pyridine rings is 1. The Morgan fingerprint density at radius 1 is 1.03 bits per heavy atom. The largest absolute Gasteiger partial charge is 0.477 e. The highest BCUT2D eigenvalue weighted by Gasteiger charge is 2.27. The van der Waals surface area contributed by atoms with Crippen molar-refractivity contribution in [2.45, 2.75) is 27.3 Å². The van der Waals surface area contributed by atoms with Crippen LogP contribution in [0.15, 0.2) is 65.7 Å². The Kier molecular flexibility index (Phi) is 6.13. The van der Waals surface area contributed by atoms with Gasteiger partial charge in [0.1, 0.15) is 6.54 Å². The zero-order chi connectivity index (χ0) is 24.9. The number of rotatable bonds is 4. The second-order valence-corrected chi connectivity index (χ2v) is 10.7. The van der Waals surface area contributed by atoms with Gasteiger partial charge in [-0.2, -0.15) is 8.97 Å². The average Bonchev–Trinajstić information content (AvgIpc) is 3.23. The summed E-state index contributed by atoms with van der Waals surface area (Å²) in [7, 11) is 0. The molecule has 0 aliphatic carbocycles. The van der Waals surface area contributed by atoms with Crippen LogP contribution in [0.3, 0.4) is 0 Å². The third kappa shape index (κ3) is 4.22. The maximum absolute atomic E-state index is 13.7. The van der Waals surface area contributed by atoms with Crippen LogP contribution >= 0.6 is 34.5 Å². The molecule has 3 aromatic heterocycles. The van der Waals surface area contributed by atoms with Gasteiger partial charge >= 0.3 is 5.56 Å². The lowest BCUT2D eigenvalue weighted by molar-refractivity contribution is -0.671. The molecule has 0 unspecified atom stereocenters. The third-order valence-corrected chi connectivity index (χ3v) is 7.53. The van der Waals surface area contributed by atoms with Crippen molar-refractivity contribution in [3.05, 3.63) is 102 Å². The van der Waals surface area contributed by atoms with Crippen molar-refractivity contribution < 1.29 is 9.67 Å². The summed E-state index contributed by atoms with van der Waals surface area (Å²) < 4.78 is 3.71. The summed E-state index contributed by atoms with van der Waals surface area (Å²) >= 11 is 14.0. The zero-order valence-electron chi connectivity index (χ0n) is 19.3. The van der Waals surface area contributed by atoms with Crippen molar-refractivity contribution in [3.8, 4) is 28.1 Å². The number of aryl methyl sites for hydroxylation is 3. The lowest BCUT2D eigenvalue weighted by Gasteiger charge is -2.13. The van der Waals surface area contributed by atoms with E-state index >= 15 is 0 Å². The van der Waals surface area contributed by atoms with E-state index in [1.807, 2.05) is 51.1 Å². The SMILES string of the molecule is Cc1ccc(-c2cc(-c3c(O)[n+](Cc4cnc(Cl)s4)c4c(C)cccn4c3=O)ccc2Cl)c(C)c1. The van der Waals surface area contributed by atoms with Crippen LogP contribution in [-0.2, 0) is 6.54 Å². The number of halogens is 2. The number of aromatic nitrogens is 3. The minimum absolute atomic E-state index is 0.122. The molecule has 8 heteroatoms. The van der Waals surface area contributed by atoms with Gasteiger partial charge in [0, 0.05) is 22.3 Å². The summed E-state index contributed by atoms with van der Waals surface area (Å²) in [6.45, 7) is 6.30. The summed E-state index contributed by atoms with van der Waals surface area (Å²) in [6.07, 6.45) is 3.39. The number of fused-ring (bicyclic) bond motifs is 1. The maximum atomic E-state index is 13.7. The lowest BCUT2D eigenvalue weighted by atomic mass is 9.95. The van der Waals surface area contributed by atoms with Gasteiger partial charge in [0.2, 0.25) is 0 Å². The molecule has 0 spiro atoms. The van der Waals surface area contributed by atoms with Gasteiger partial charge in [-0.05, 0) is 61.7 Å². The van der Waals surface area contributed by atoms with Crippen LogP contribution in [0.4, 0.5) is 0 Å². The van der Waals surface area contributed by atoms with Crippen molar-refractivity contribution in [2.75, 3.05) is 0 Å². The van der Waals surface area contributed by atoms with Gasteiger partial charge in [-0.3, -0.25) is 0 Å².